The van der Waals surface area contributed by atoms with Gasteiger partial charge in [-0.2, -0.15) is 0 Å². The Kier molecular flexibility index (Phi) is 6.68. The number of hydrogen-bond acceptors (Lipinski definition) is 5. The largest absolute Gasteiger partial charge is 0.391 e. The molecule has 1 aromatic carbocycles. The second kappa shape index (κ2) is 9.43. The van der Waals surface area contributed by atoms with Crippen molar-refractivity contribution >= 4 is 34.4 Å². The van der Waals surface area contributed by atoms with E-state index in [4.69, 9.17) is 11.6 Å². The molecule has 4 rings (SSSR count). The highest BCUT2D eigenvalue weighted by molar-refractivity contribution is 7.11. The third-order valence-electron chi connectivity index (χ3n) is 5.73. The molecule has 2 aromatic rings. The molecule has 2 aliphatic rings. The van der Waals surface area contributed by atoms with Crippen molar-refractivity contribution in [1.29, 1.82) is 0 Å². The third-order valence-corrected chi connectivity index (χ3v) is 7.21. The van der Waals surface area contributed by atoms with Crippen molar-refractivity contribution in [2.45, 2.75) is 51.3 Å². The Hall–Kier alpha value is -1.99. The van der Waals surface area contributed by atoms with Crippen molar-refractivity contribution in [1.82, 2.24) is 15.6 Å². The number of carbonyl (C=O) groups is 1. The first-order chi connectivity index (χ1) is 14.5. The summed E-state index contributed by atoms with van der Waals surface area (Å²) in [5.41, 5.74) is 3.76. The molecule has 2 atom stereocenters. The normalized spacial score (nSPS) is 19.9. The van der Waals surface area contributed by atoms with Crippen LogP contribution in [-0.2, 0) is 11.4 Å². The van der Waals surface area contributed by atoms with Crippen LogP contribution in [0.1, 0.15) is 52.9 Å². The fraction of sp³-hybridized carbons (Fsp3) is 0.391. The Morgan fingerprint density at radius 2 is 2.13 bits per heavy atom. The third kappa shape index (κ3) is 4.67. The molecule has 1 aliphatic carbocycles. The molecular formula is C23H26ClN3O2S. The number of aromatic nitrogens is 1. The van der Waals surface area contributed by atoms with E-state index in [0.717, 1.165) is 58.1 Å². The summed E-state index contributed by atoms with van der Waals surface area (Å²) in [6, 6.07) is 7.63. The lowest BCUT2D eigenvalue weighted by Crippen LogP contribution is -2.46. The molecular weight excluding hydrogens is 418 g/mol. The van der Waals surface area contributed by atoms with Gasteiger partial charge in [0, 0.05) is 23.1 Å². The van der Waals surface area contributed by atoms with Crippen LogP contribution < -0.4 is 10.6 Å². The van der Waals surface area contributed by atoms with Gasteiger partial charge in [0.1, 0.15) is 5.01 Å². The summed E-state index contributed by atoms with van der Waals surface area (Å²) in [4.78, 5) is 18.6. The molecule has 2 unspecified atom stereocenters. The van der Waals surface area contributed by atoms with E-state index in [0.29, 0.717) is 11.4 Å². The van der Waals surface area contributed by atoms with E-state index in [1.165, 1.54) is 11.3 Å². The van der Waals surface area contributed by atoms with Gasteiger partial charge < -0.3 is 15.7 Å². The second-order valence-corrected chi connectivity index (χ2v) is 9.35. The Bertz CT molecular complexity index is 975. The number of rotatable bonds is 6. The van der Waals surface area contributed by atoms with Gasteiger partial charge in [0.15, 0.2) is 0 Å². The number of hydrogen-bond donors (Lipinski definition) is 3. The number of benzene rings is 1. The van der Waals surface area contributed by atoms with E-state index < -0.39 is 0 Å². The van der Waals surface area contributed by atoms with Gasteiger partial charge in [-0.1, -0.05) is 42.3 Å². The molecule has 0 spiro atoms. The fourth-order valence-corrected chi connectivity index (χ4v) is 5.17. The maximum Gasteiger partial charge on any atom is 0.248 e. The van der Waals surface area contributed by atoms with Crippen LogP contribution in [0.3, 0.4) is 0 Å². The van der Waals surface area contributed by atoms with Gasteiger partial charge in [-0.3, -0.25) is 4.79 Å². The van der Waals surface area contributed by atoms with E-state index in [-0.39, 0.29) is 24.6 Å². The number of amides is 1. The Morgan fingerprint density at radius 3 is 2.80 bits per heavy atom. The molecule has 1 amide bonds. The number of aliphatic hydroxyl groups excluding tert-OH is 1. The molecule has 30 heavy (non-hydrogen) atoms. The molecule has 0 radical (unpaired) electrons. The fourth-order valence-electron chi connectivity index (χ4n) is 4.00. The first kappa shape index (κ1) is 21.2. The van der Waals surface area contributed by atoms with Crippen molar-refractivity contribution < 1.29 is 9.90 Å². The quantitative estimate of drug-likeness (QED) is 0.621. The summed E-state index contributed by atoms with van der Waals surface area (Å²) in [7, 11) is 0. The minimum absolute atomic E-state index is 0.0260. The molecule has 7 heteroatoms. The van der Waals surface area contributed by atoms with E-state index in [2.05, 4.69) is 15.6 Å². The van der Waals surface area contributed by atoms with Gasteiger partial charge in [0.05, 0.1) is 23.2 Å². The van der Waals surface area contributed by atoms with Crippen LogP contribution in [0.2, 0.25) is 5.02 Å². The van der Waals surface area contributed by atoms with Crippen molar-refractivity contribution in [3.63, 3.8) is 0 Å². The van der Waals surface area contributed by atoms with Crippen LogP contribution in [-0.4, -0.2) is 28.6 Å². The number of piperidine rings is 1. The zero-order valence-corrected chi connectivity index (χ0v) is 18.5. The number of carbonyl (C=O) groups excluding carboxylic acids is 1. The van der Waals surface area contributed by atoms with Crippen molar-refractivity contribution in [2.75, 3.05) is 6.54 Å². The summed E-state index contributed by atoms with van der Waals surface area (Å²) in [5, 5.41) is 17.9. The summed E-state index contributed by atoms with van der Waals surface area (Å²) in [6.45, 7) is 2.82. The van der Waals surface area contributed by atoms with Crippen LogP contribution in [0.15, 0.2) is 42.0 Å². The van der Waals surface area contributed by atoms with Gasteiger partial charge in [-0.15, -0.1) is 11.3 Å². The van der Waals surface area contributed by atoms with Crippen LogP contribution in [0.4, 0.5) is 0 Å². The Labute approximate surface area is 185 Å². The number of nitrogens with zero attached hydrogens (tertiary/aromatic N) is 1. The topological polar surface area (TPSA) is 74.2 Å². The molecule has 2 heterocycles. The summed E-state index contributed by atoms with van der Waals surface area (Å²) >= 11 is 7.47. The van der Waals surface area contributed by atoms with Gasteiger partial charge in [0.25, 0.3) is 0 Å². The minimum Gasteiger partial charge on any atom is -0.391 e. The average molecular weight is 444 g/mol. The standard InChI is InChI=1S/C23H26ClN3O2S/c1-14-20(13-28)30-23(26-14)21(19-4-2-3-11-25-19)27-22(29)17-6-5-16(12-17)15-7-9-18(24)10-8-15/h5-10,19,21,25,28H,2-4,11-13H2,1H3,(H,27,29). The molecule has 1 fully saturated rings. The van der Waals surface area contributed by atoms with Crippen LogP contribution >= 0.6 is 22.9 Å². The van der Waals surface area contributed by atoms with Crippen molar-refractivity contribution in [3.8, 4) is 0 Å². The van der Waals surface area contributed by atoms with Gasteiger partial charge in [-0.05, 0) is 49.6 Å². The van der Waals surface area contributed by atoms with E-state index in [1.807, 2.05) is 43.3 Å². The minimum atomic E-state index is -0.206. The Balaban J connectivity index is 1.48. The lowest BCUT2D eigenvalue weighted by Gasteiger charge is -2.31. The SMILES string of the molecule is Cc1nc(C(NC(=O)C2=CC=C(c3ccc(Cl)cc3)C2)C2CCCCN2)sc1CO. The maximum absolute atomic E-state index is 13.1. The van der Waals surface area contributed by atoms with E-state index >= 15 is 0 Å². The van der Waals surface area contributed by atoms with Gasteiger partial charge >= 0.3 is 0 Å². The number of halogens is 1. The van der Waals surface area contributed by atoms with Crippen molar-refractivity contribution in [3.05, 3.63) is 68.2 Å². The number of thiazole rings is 1. The zero-order valence-electron chi connectivity index (χ0n) is 17.0. The molecule has 158 valence electrons. The molecule has 0 bridgehead atoms. The van der Waals surface area contributed by atoms with Gasteiger partial charge in [-0.25, -0.2) is 4.98 Å². The van der Waals surface area contributed by atoms with Crippen LogP contribution in [0.5, 0.6) is 0 Å². The summed E-state index contributed by atoms with van der Waals surface area (Å²) in [5.74, 6) is -0.0639. The first-order valence-corrected chi connectivity index (χ1v) is 11.5. The summed E-state index contributed by atoms with van der Waals surface area (Å²) in [6.07, 6.45) is 7.77. The van der Waals surface area contributed by atoms with Crippen molar-refractivity contribution in [2.24, 2.45) is 0 Å². The molecule has 1 aliphatic heterocycles. The smallest absolute Gasteiger partial charge is 0.248 e. The number of aliphatic hydroxyl groups is 1. The number of aryl methyl sites for hydroxylation is 1. The number of allylic oxidation sites excluding steroid dienone is 3. The number of nitrogens with one attached hydrogen (secondary N) is 2. The zero-order chi connectivity index (χ0) is 21.1. The predicted octanol–water partition coefficient (Wildman–Crippen LogP) is 4.31. The first-order valence-electron chi connectivity index (χ1n) is 10.3. The van der Waals surface area contributed by atoms with Gasteiger partial charge in [0.2, 0.25) is 5.91 Å². The molecule has 1 aromatic heterocycles. The molecule has 5 nitrogen and oxygen atoms in total. The highest BCUT2D eigenvalue weighted by Gasteiger charge is 2.30. The van der Waals surface area contributed by atoms with E-state index in [9.17, 15) is 9.90 Å². The lowest BCUT2D eigenvalue weighted by atomic mass is 9.97. The molecule has 3 N–H and O–H groups in total. The Morgan fingerprint density at radius 1 is 1.33 bits per heavy atom. The average Bonchev–Trinajstić information content (AvgIpc) is 3.40. The maximum atomic E-state index is 13.1. The monoisotopic (exact) mass is 443 g/mol. The van der Waals surface area contributed by atoms with Crippen LogP contribution in [0.25, 0.3) is 5.57 Å². The highest BCUT2D eigenvalue weighted by atomic mass is 35.5. The highest BCUT2D eigenvalue weighted by Crippen LogP contribution is 2.32. The molecule has 0 saturated carbocycles. The summed E-state index contributed by atoms with van der Waals surface area (Å²) < 4.78 is 0. The predicted molar refractivity (Wildman–Crippen MR) is 121 cm³/mol. The second-order valence-electron chi connectivity index (χ2n) is 7.79. The van der Waals surface area contributed by atoms with E-state index in [1.54, 1.807) is 0 Å². The van der Waals surface area contributed by atoms with Crippen LogP contribution in [0, 0.1) is 6.92 Å². The lowest BCUT2D eigenvalue weighted by molar-refractivity contribution is -0.118. The molecule has 1 saturated heterocycles.